The highest BCUT2D eigenvalue weighted by molar-refractivity contribution is 5.85. The summed E-state index contributed by atoms with van der Waals surface area (Å²) in [5.74, 6) is 1.62. The summed E-state index contributed by atoms with van der Waals surface area (Å²) in [7, 11) is 1.65. The van der Waals surface area contributed by atoms with E-state index >= 15 is 0 Å². The Bertz CT molecular complexity index is 464. The van der Waals surface area contributed by atoms with E-state index in [-0.39, 0.29) is 30.3 Å². The largest absolute Gasteiger partial charge is 0.497 e. The van der Waals surface area contributed by atoms with Crippen LogP contribution in [0.2, 0.25) is 0 Å². The van der Waals surface area contributed by atoms with Gasteiger partial charge in [-0.05, 0) is 48.9 Å². The van der Waals surface area contributed by atoms with Gasteiger partial charge in [0.05, 0.1) is 7.11 Å². The van der Waals surface area contributed by atoms with E-state index in [1.54, 1.807) is 7.11 Å². The third-order valence-electron chi connectivity index (χ3n) is 4.48. The van der Waals surface area contributed by atoms with Crippen molar-refractivity contribution in [3.8, 4) is 5.75 Å². The van der Waals surface area contributed by atoms with Crippen LogP contribution in [-0.2, 0) is 4.79 Å². The summed E-state index contributed by atoms with van der Waals surface area (Å²) in [5.41, 5.74) is 6.92. The molecule has 3 atom stereocenters. The SMILES string of the molecule is COc1ccc(C(C)CC(=O)NC2CCCC2CN)cc1.Cl. The molecule has 1 aliphatic carbocycles. The van der Waals surface area contributed by atoms with Gasteiger partial charge in [0.25, 0.3) is 0 Å². The number of nitrogens with two attached hydrogens (primary N) is 1. The van der Waals surface area contributed by atoms with Crippen LogP contribution in [0.3, 0.4) is 0 Å². The maximum Gasteiger partial charge on any atom is 0.220 e. The van der Waals surface area contributed by atoms with Crippen molar-refractivity contribution in [3.05, 3.63) is 29.8 Å². The Morgan fingerprint density at radius 2 is 2.05 bits per heavy atom. The van der Waals surface area contributed by atoms with Crippen molar-refractivity contribution in [1.29, 1.82) is 0 Å². The van der Waals surface area contributed by atoms with E-state index in [2.05, 4.69) is 12.2 Å². The van der Waals surface area contributed by atoms with Crippen molar-refractivity contribution >= 4 is 18.3 Å². The van der Waals surface area contributed by atoms with Crippen LogP contribution in [0, 0.1) is 5.92 Å². The number of hydrogen-bond donors (Lipinski definition) is 2. The molecule has 1 amide bonds. The first-order valence-corrected chi connectivity index (χ1v) is 7.77. The van der Waals surface area contributed by atoms with Gasteiger partial charge in [0, 0.05) is 12.5 Å². The normalized spacial score (nSPS) is 21.8. The third-order valence-corrected chi connectivity index (χ3v) is 4.48. The van der Waals surface area contributed by atoms with Gasteiger partial charge in [-0.15, -0.1) is 12.4 Å². The predicted octanol–water partition coefficient (Wildman–Crippen LogP) is 2.85. The Balaban J connectivity index is 0.00000242. The lowest BCUT2D eigenvalue weighted by Crippen LogP contribution is -2.40. The summed E-state index contributed by atoms with van der Waals surface area (Å²) in [5, 5.41) is 3.16. The van der Waals surface area contributed by atoms with E-state index in [4.69, 9.17) is 10.5 Å². The summed E-state index contributed by atoms with van der Waals surface area (Å²) in [6.45, 7) is 2.75. The van der Waals surface area contributed by atoms with E-state index in [1.807, 2.05) is 24.3 Å². The molecule has 5 heteroatoms. The smallest absolute Gasteiger partial charge is 0.220 e. The number of methoxy groups -OCH3 is 1. The van der Waals surface area contributed by atoms with Crippen LogP contribution in [0.1, 0.15) is 44.1 Å². The van der Waals surface area contributed by atoms with Gasteiger partial charge < -0.3 is 15.8 Å². The van der Waals surface area contributed by atoms with Crippen LogP contribution in [-0.4, -0.2) is 25.6 Å². The highest BCUT2D eigenvalue weighted by Gasteiger charge is 2.27. The van der Waals surface area contributed by atoms with Gasteiger partial charge in [-0.2, -0.15) is 0 Å². The molecule has 22 heavy (non-hydrogen) atoms. The fourth-order valence-corrected chi connectivity index (χ4v) is 3.10. The number of carbonyl (C=O) groups is 1. The maximum atomic E-state index is 12.2. The lowest BCUT2D eigenvalue weighted by molar-refractivity contribution is -0.122. The van der Waals surface area contributed by atoms with Gasteiger partial charge in [0.15, 0.2) is 0 Å². The molecule has 1 fully saturated rings. The Kier molecular flexibility index (Phi) is 7.69. The summed E-state index contributed by atoms with van der Waals surface area (Å²) in [6.07, 6.45) is 3.88. The van der Waals surface area contributed by atoms with Crippen LogP contribution in [0.15, 0.2) is 24.3 Å². The zero-order valence-corrected chi connectivity index (χ0v) is 14.2. The van der Waals surface area contributed by atoms with Gasteiger partial charge in [0.1, 0.15) is 5.75 Å². The van der Waals surface area contributed by atoms with Crippen LogP contribution < -0.4 is 15.8 Å². The lowest BCUT2D eigenvalue weighted by Gasteiger charge is -2.21. The van der Waals surface area contributed by atoms with Crippen molar-refractivity contribution in [2.75, 3.05) is 13.7 Å². The Morgan fingerprint density at radius 3 is 2.64 bits per heavy atom. The minimum Gasteiger partial charge on any atom is -0.497 e. The first kappa shape index (κ1) is 18.8. The molecular weight excluding hydrogens is 300 g/mol. The van der Waals surface area contributed by atoms with E-state index in [0.29, 0.717) is 18.9 Å². The maximum absolute atomic E-state index is 12.2. The molecule has 1 aliphatic rings. The van der Waals surface area contributed by atoms with Crippen molar-refractivity contribution in [2.24, 2.45) is 11.7 Å². The first-order chi connectivity index (χ1) is 10.1. The first-order valence-electron chi connectivity index (χ1n) is 7.77. The van der Waals surface area contributed by atoms with E-state index in [0.717, 1.165) is 24.2 Å². The highest BCUT2D eigenvalue weighted by atomic mass is 35.5. The van der Waals surface area contributed by atoms with E-state index in [1.165, 1.54) is 6.42 Å². The summed E-state index contributed by atoms with van der Waals surface area (Å²) < 4.78 is 5.15. The lowest BCUT2D eigenvalue weighted by atomic mass is 9.96. The second kappa shape index (κ2) is 9.01. The van der Waals surface area contributed by atoms with Crippen molar-refractivity contribution in [1.82, 2.24) is 5.32 Å². The van der Waals surface area contributed by atoms with Crippen LogP contribution in [0.4, 0.5) is 0 Å². The molecule has 0 aliphatic heterocycles. The van der Waals surface area contributed by atoms with Crippen molar-refractivity contribution < 1.29 is 9.53 Å². The van der Waals surface area contributed by atoms with Crippen LogP contribution in [0.5, 0.6) is 5.75 Å². The molecule has 4 nitrogen and oxygen atoms in total. The zero-order chi connectivity index (χ0) is 15.2. The minimum absolute atomic E-state index is 0. The molecule has 0 radical (unpaired) electrons. The second-order valence-corrected chi connectivity index (χ2v) is 5.98. The topological polar surface area (TPSA) is 64.3 Å². The summed E-state index contributed by atoms with van der Waals surface area (Å²) in [4.78, 5) is 12.2. The number of ether oxygens (including phenoxy) is 1. The number of benzene rings is 1. The number of carbonyl (C=O) groups excluding carboxylic acids is 1. The number of rotatable bonds is 6. The zero-order valence-electron chi connectivity index (χ0n) is 13.4. The average Bonchev–Trinajstić information content (AvgIpc) is 2.94. The molecular formula is C17H27ClN2O2. The summed E-state index contributed by atoms with van der Waals surface area (Å²) in [6, 6.07) is 8.19. The van der Waals surface area contributed by atoms with Crippen molar-refractivity contribution in [3.63, 3.8) is 0 Å². The number of amides is 1. The molecule has 2 rings (SSSR count). The Morgan fingerprint density at radius 1 is 1.36 bits per heavy atom. The Hall–Kier alpha value is -1.26. The van der Waals surface area contributed by atoms with Gasteiger partial charge >= 0.3 is 0 Å². The minimum atomic E-state index is 0. The Labute approximate surface area is 139 Å². The third kappa shape index (κ3) is 4.89. The molecule has 0 aromatic heterocycles. The van der Waals surface area contributed by atoms with Crippen LogP contribution >= 0.6 is 12.4 Å². The monoisotopic (exact) mass is 326 g/mol. The standard InChI is InChI=1S/C17H26N2O2.ClH/c1-12(13-6-8-15(21-2)9-7-13)10-17(20)19-16-5-3-4-14(16)11-18;/h6-9,12,14,16H,3-5,10-11,18H2,1-2H3,(H,19,20);1H. The highest BCUT2D eigenvalue weighted by Crippen LogP contribution is 2.26. The molecule has 3 N–H and O–H groups in total. The van der Waals surface area contributed by atoms with Gasteiger partial charge in [-0.25, -0.2) is 0 Å². The molecule has 124 valence electrons. The van der Waals surface area contributed by atoms with Gasteiger partial charge in [-0.1, -0.05) is 25.5 Å². The molecule has 1 aromatic rings. The molecule has 0 spiro atoms. The fraction of sp³-hybridized carbons (Fsp3) is 0.588. The number of hydrogen-bond acceptors (Lipinski definition) is 3. The average molecular weight is 327 g/mol. The molecule has 1 aromatic carbocycles. The second-order valence-electron chi connectivity index (χ2n) is 5.98. The van der Waals surface area contributed by atoms with Gasteiger partial charge in [-0.3, -0.25) is 4.79 Å². The van der Waals surface area contributed by atoms with Gasteiger partial charge in [0.2, 0.25) is 5.91 Å². The number of halogens is 1. The summed E-state index contributed by atoms with van der Waals surface area (Å²) >= 11 is 0. The quantitative estimate of drug-likeness (QED) is 0.845. The fourth-order valence-electron chi connectivity index (χ4n) is 3.10. The van der Waals surface area contributed by atoms with Crippen molar-refractivity contribution in [2.45, 2.75) is 44.6 Å². The van der Waals surface area contributed by atoms with Crippen LogP contribution in [0.25, 0.3) is 0 Å². The molecule has 0 saturated heterocycles. The molecule has 1 saturated carbocycles. The predicted molar refractivity (Wildman–Crippen MR) is 91.6 cm³/mol. The molecule has 3 unspecified atom stereocenters. The molecule has 0 bridgehead atoms. The van der Waals surface area contributed by atoms with E-state index in [9.17, 15) is 4.79 Å². The van der Waals surface area contributed by atoms with E-state index < -0.39 is 0 Å². The number of nitrogens with one attached hydrogen (secondary N) is 1. The molecule has 0 heterocycles.